The lowest BCUT2D eigenvalue weighted by molar-refractivity contribution is 0.116. The fourth-order valence-electron chi connectivity index (χ4n) is 1.81. The molecule has 1 heterocycles. The molecule has 0 aromatic carbocycles. The van der Waals surface area contributed by atoms with Gasteiger partial charge in [0, 0.05) is 31.6 Å². The number of nitrogens with one attached hydrogen (secondary N) is 1. The third-order valence-corrected chi connectivity index (χ3v) is 2.97. The van der Waals surface area contributed by atoms with Gasteiger partial charge in [-0.25, -0.2) is 0 Å². The molecular weight excluding hydrogens is 224 g/mol. The zero-order valence-corrected chi connectivity index (χ0v) is 12.1. The van der Waals surface area contributed by atoms with Gasteiger partial charge >= 0.3 is 0 Å². The van der Waals surface area contributed by atoms with Crippen molar-refractivity contribution in [2.24, 2.45) is 5.92 Å². The van der Waals surface area contributed by atoms with E-state index in [1.165, 1.54) is 12.1 Å². The van der Waals surface area contributed by atoms with Crippen LogP contribution in [0.1, 0.15) is 39.3 Å². The minimum Gasteiger partial charge on any atom is -0.380 e. The molecule has 18 heavy (non-hydrogen) atoms. The Morgan fingerprint density at radius 3 is 2.89 bits per heavy atom. The van der Waals surface area contributed by atoms with E-state index in [2.05, 4.69) is 49.0 Å². The van der Waals surface area contributed by atoms with Crippen LogP contribution >= 0.6 is 0 Å². The Hall–Kier alpha value is -0.800. The highest BCUT2D eigenvalue weighted by molar-refractivity contribution is 5.06. The van der Waals surface area contributed by atoms with Crippen LogP contribution in [0.25, 0.3) is 0 Å². The molecule has 3 nitrogen and oxygen atoms in total. The fourth-order valence-corrected chi connectivity index (χ4v) is 1.81. The van der Waals surface area contributed by atoms with Crippen molar-refractivity contribution in [3.8, 4) is 0 Å². The summed E-state index contributed by atoms with van der Waals surface area (Å²) in [4.78, 5) is 0. The van der Waals surface area contributed by atoms with Gasteiger partial charge in [-0.05, 0) is 37.4 Å². The highest BCUT2D eigenvalue weighted by Crippen LogP contribution is 2.03. The fraction of sp³-hybridized carbons (Fsp3) is 0.733. The van der Waals surface area contributed by atoms with Gasteiger partial charge in [0.05, 0.1) is 6.61 Å². The van der Waals surface area contributed by atoms with E-state index in [1.54, 1.807) is 0 Å². The number of aromatic nitrogens is 1. The monoisotopic (exact) mass is 252 g/mol. The van der Waals surface area contributed by atoms with Crippen molar-refractivity contribution >= 4 is 0 Å². The first kappa shape index (κ1) is 15.3. The molecule has 3 heteroatoms. The topological polar surface area (TPSA) is 26.2 Å². The van der Waals surface area contributed by atoms with E-state index in [0.29, 0.717) is 0 Å². The normalized spacial score (nSPS) is 11.3. The van der Waals surface area contributed by atoms with Gasteiger partial charge < -0.3 is 14.6 Å². The molecular formula is C15H28N2O. The molecule has 0 atom stereocenters. The van der Waals surface area contributed by atoms with Crippen LogP contribution in [0.5, 0.6) is 0 Å². The summed E-state index contributed by atoms with van der Waals surface area (Å²) < 4.78 is 7.93. The molecule has 0 saturated heterocycles. The van der Waals surface area contributed by atoms with Crippen molar-refractivity contribution in [1.29, 1.82) is 0 Å². The summed E-state index contributed by atoms with van der Waals surface area (Å²) in [6.45, 7) is 11.3. The molecule has 0 spiro atoms. The Morgan fingerprint density at radius 1 is 1.33 bits per heavy atom. The first-order valence-corrected chi connectivity index (χ1v) is 7.16. The van der Waals surface area contributed by atoms with Crippen molar-refractivity contribution in [2.75, 3.05) is 19.8 Å². The maximum absolute atomic E-state index is 5.66. The zero-order chi connectivity index (χ0) is 13.2. The molecule has 0 saturated carbocycles. The Balaban J connectivity index is 2.19. The summed E-state index contributed by atoms with van der Waals surface area (Å²) in [5.41, 5.74) is 1.34. The predicted molar refractivity (Wildman–Crippen MR) is 76.7 cm³/mol. The SMILES string of the molecule is CCCNCc1cccn1CCOCCC(C)C. The van der Waals surface area contributed by atoms with Crippen LogP contribution in [0.2, 0.25) is 0 Å². The van der Waals surface area contributed by atoms with Gasteiger partial charge in [-0.1, -0.05) is 20.8 Å². The van der Waals surface area contributed by atoms with Crippen molar-refractivity contribution < 1.29 is 4.74 Å². The molecule has 0 unspecified atom stereocenters. The molecule has 1 aromatic heterocycles. The molecule has 1 rings (SSSR count). The van der Waals surface area contributed by atoms with E-state index in [4.69, 9.17) is 4.74 Å². The van der Waals surface area contributed by atoms with Crippen molar-refractivity contribution in [3.63, 3.8) is 0 Å². The second-order valence-electron chi connectivity index (χ2n) is 5.16. The molecule has 1 aromatic rings. The van der Waals surface area contributed by atoms with E-state index in [9.17, 15) is 0 Å². The zero-order valence-electron chi connectivity index (χ0n) is 12.1. The Bertz CT molecular complexity index is 307. The van der Waals surface area contributed by atoms with Crippen LogP contribution in [0.15, 0.2) is 18.3 Å². The predicted octanol–water partition coefficient (Wildman–Crippen LogP) is 3.05. The number of hydrogen-bond donors (Lipinski definition) is 1. The third-order valence-electron chi connectivity index (χ3n) is 2.97. The highest BCUT2D eigenvalue weighted by Gasteiger charge is 2.00. The molecule has 0 amide bonds. The van der Waals surface area contributed by atoms with Crippen molar-refractivity contribution in [3.05, 3.63) is 24.0 Å². The van der Waals surface area contributed by atoms with Gasteiger partial charge in [0.1, 0.15) is 0 Å². The van der Waals surface area contributed by atoms with Crippen molar-refractivity contribution in [1.82, 2.24) is 9.88 Å². The summed E-state index contributed by atoms with van der Waals surface area (Å²) in [5.74, 6) is 0.727. The molecule has 104 valence electrons. The second-order valence-corrected chi connectivity index (χ2v) is 5.16. The van der Waals surface area contributed by atoms with E-state index in [-0.39, 0.29) is 0 Å². The summed E-state index contributed by atoms with van der Waals surface area (Å²) >= 11 is 0. The molecule has 0 aliphatic carbocycles. The molecule has 1 N–H and O–H groups in total. The Morgan fingerprint density at radius 2 is 2.17 bits per heavy atom. The molecule has 0 aliphatic heterocycles. The maximum Gasteiger partial charge on any atom is 0.0645 e. The van der Waals surface area contributed by atoms with Gasteiger partial charge in [0.15, 0.2) is 0 Å². The number of ether oxygens (including phenoxy) is 1. The second kappa shape index (κ2) is 9.17. The maximum atomic E-state index is 5.66. The van der Waals surface area contributed by atoms with Crippen LogP contribution < -0.4 is 5.32 Å². The minimum atomic E-state index is 0.727. The average molecular weight is 252 g/mol. The minimum absolute atomic E-state index is 0.727. The van der Waals surface area contributed by atoms with E-state index in [0.717, 1.165) is 45.2 Å². The lowest BCUT2D eigenvalue weighted by atomic mass is 10.1. The molecule has 0 fully saturated rings. The van der Waals surface area contributed by atoms with Crippen LogP contribution in [0.3, 0.4) is 0 Å². The third kappa shape index (κ3) is 6.22. The van der Waals surface area contributed by atoms with Gasteiger partial charge in [-0.2, -0.15) is 0 Å². The average Bonchev–Trinajstić information content (AvgIpc) is 2.76. The summed E-state index contributed by atoms with van der Waals surface area (Å²) in [5, 5.41) is 3.43. The summed E-state index contributed by atoms with van der Waals surface area (Å²) in [6.07, 6.45) is 4.46. The molecule has 0 aliphatic rings. The van der Waals surface area contributed by atoms with E-state index < -0.39 is 0 Å². The summed E-state index contributed by atoms with van der Waals surface area (Å²) in [7, 11) is 0. The number of hydrogen-bond acceptors (Lipinski definition) is 2. The van der Waals surface area contributed by atoms with E-state index >= 15 is 0 Å². The van der Waals surface area contributed by atoms with E-state index in [1.807, 2.05) is 0 Å². The Labute approximate surface area is 112 Å². The first-order chi connectivity index (χ1) is 8.74. The Kier molecular flexibility index (Phi) is 7.78. The standard InChI is InChI=1S/C15H28N2O/c1-4-8-16-13-15-6-5-9-17(15)10-12-18-11-7-14(2)3/h5-6,9,14,16H,4,7-8,10-13H2,1-3H3. The quantitative estimate of drug-likeness (QED) is 0.648. The number of nitrogens with zero attached hydrogens (tertiary/aromatic N) is 1. The lowest BCUT2D eigenvalue weighted by Gasteiger charge is -2.11. The van der Waals surface area contributed by atoms with Gasteiger partial charge in [0.2, 0.25) is 0 Å². The summed E-state index contributed by atoms with van der Waals surface area (Å²) in [6, 6.07) is 4.29. The molecule has 0 radical (unpaired) electrons. The van der Waals surface area contributed by atoms with Crippen LogP contribution in [0, 0.1) is 5.92 Å². The molecule has 0 bridgehead atoms. The van der Waals surface area contributed by atoms with Crippen LogP contribution in [-0.4, -0.2) is 24.3 Å². The largest absolute Gasteiger partial charge is 0.380 e. The van der Waals surface area contributed by atoms with Crippen LogP contribution in [0.4, 0.5) is 0 Å². The van der Waals surface area contributed by atoms with Gasteiger partial charge in [-0.3, -0.25) is 0 Å². The van der Waals surface area contributed by atoms with Gasteiger partial charge in [-0.15, -0.1) is 0 Å². The van der Waals surface area contributed by atoms with Crippen molar-refractivity contribution in [2.45, 2.75) is 46.7 Å². The first-order valence-electron chi connectivity index (χ1n) is 7.16. The number of rotatable bonds is 10. The lowest BCUT2D eigenvalue weighted by Crippen LogP contribution is -2.18. The smallest absolute Gasteiger partial charge is 0.0645 e. The van der Waals surface area contributed by atoms with Gasteiger partial charge in [0.25, 0.3) is 0 Å². The highest BCUT2D eigenvalue weighted by atomic mass is 16.5. The van der Waals surface area contributed by atoms with Crippen LogP contribution in [-0.2, 0) is 17.8 Å².